The van der Waals surface area contributed by atoms with E-state index in [9.17, 15) is 56.2 Å². The van der Waals surface area contributed by atoms with Gasteiger partial charge >= 0.3 is 11.3 Å². The van der Waals surface area contributed by atoms with E-state index in [-0.39, 0.29) is 51.9 Å². The lowest BCUT2D eigenvalue weighted by molar-refractivity contribution is -0.277. The summed E-state index contributed by atoms with van der Waals surface area (Å²) in [6, 6.07) is 7.17. The van der Waals surface area contributed by atoms with E-state index in [2.05, 4.69) is 0 Å². The van der Waals surface area contributed by atoms with Crippen LogP contribution in [-0.4, -0.2) is 131 Å². The van der Waals surface area contributed by atoms with Crippen LogP contribution in [0.15, 0.2) is 40.8 Å². The second-order valence-electron chi connectivity index (χ2n) is 10.1. The first kappa shape index (κ1) is 33.6. The fourth-order valence-electron chi connectivity index (χ4n) is 4.80. The quantitative estimate of drug-likeness (QED) is 0.107. The van der Waals surface area contributed by atoms with Gasteiger partial charge < -0.3 is 87.5 Å². The topological polar surface area (TPSA) is 271 Å². The highest BCUT2D eigenvalue weighted by molar-refractivity contribution is 5.88. The highest BCUT2D eigenvalue weighted by atomic mass is 35.5. The average molecular weight is 647 g/mol. The van der Waals surface area contributed by atoms with Gasteiger partial charge in [-0.1, -0.05) is 0 Å². The summed E-state index contributed by atoms with van der Waals surface area (Å²) in [4.78, 5) is 0. The number of aliphatic hydroxyl groups is 8. The van der Waals surface area contributed by atoms with Crippen LogP contribution in [-0.2, 0) is 9.47 Å². The molecule has 16 nitrogen and oxygen atoms in total. The summed E-state index contributed by atoms with van der Waals surface area (Å²) >= 11 is 0. The van der Waals surface area contributed by atoms with Gasteiger partial charge in [-0.05, 0) is 12.1 Å². The molecule has 17 heteroatoms. The third-order valence-corrected chi connectivity index (χ3v) is 7.22. The number of phenols is 3. The molecule has 2 saturated heterocycles. The minimum absolute atomic E-state index is 0. The zero-order chi connectivity index (χ0) is 31.2. The molecule has 0 unspecified atom stereocenters. The second-order valence-corrected chi connectivity index (χ2v) is 10.1. The lowest BCUT2D eigenvalue weighted by Gasteiger charge is -2.39. The van der Waals surface area contributed by atoms with Crippen LogP contribution in [0.1, 0.15) is 0 Å². The van der Waals surface area contributed by atoms with Crippen molar-refractivity contribution in [2.75, 3.05) is 13.2 Å². The summed E-state index contributed by atoms with van der Waals surface area (Å²) in [7, 11) is 0. The Hall–Kier alpha value is -3.26. The molecule has 1 aromatic heterocycles. The Morgan fingerprint density at radius 1 is 0.636 bits per heavy atom. The first-order chi connectivity index (χ1) is 20.4. The molecule has 0 aliphatic carbocycles. The van der Waals surface area contributed by atoms with Crippen LogP contribution in [0.4, 0.5) is 0 Å². The summed E-state index contributed by atoms with van der Waals surface area (Å²) in [5, 5.41) is 111. The van der Waals surface area contributed by atoms with E-state index < -0.39 is 86.1 Å². The lowest BCUT2D eigenvalue weighted by atomic mass is 9.99. The van der Waals surface area contributed by atoms with Crippen molar-refractivity contribution in [2.24, 2.45) is 0 Å². The van der Waals surface area contributed by atoms with Crippen molar-refractivity contribution in [3.63, 3.8) is 0 Å². The molecule has 2 fully saturated rings. The maximum absolute atomic E-state index is 10.5. The van der Waals surface area contributed by atoms with Crippen molar-refractivity contribution in [3.8, 4) is 40.1 Å². The van der Waals surface area contributed by atoms with E-state index in [1.165, 1.54) is 24.3 Å². The molecular formula is C27H31ClO16. The van der Waals surface area contributed by atoms with Gasteiger partial charge in [-0.2, -0.15) is 0 Å². The molecule has 0 spiro atoms. The van der Waals surface area contributed by atoms with Crippen LogP contribution in [0.3, 0.4) is 0 Å². The third kappa shape index (κ3) is 6.28. The van der Waals surface area contributed by atoms with Gasteiger partial charge in [-0.15, -0.1) is 0 Å². The molecule has 3 aromatic rings. The third-order valence-electron chi connectivity index (χ3n) is 7.22. The van der Waals surface area contributed by atoms with Gasteiger partial charge in [0.25, 0.3) is 0 Å². The van der Waals surface area contributed by atoms with Crippen LogP contribution >= 0.6 is 0 Å². The van der Waals surface area contributed by atoms with E-state index in [0.717, 1.165) is 12.1 Å². The van der Waals surface area contributed by atoms with Crippen molar-refractivity contribution < 1.29 is 91.9 Å². The molecule has 242 valence electrons. The Morgan fingerprint density at radius 2 is 1.18 bits per heavy atom. The molecule has 2 aliphatic rings. The number of phenolic OH excluding ortho intramolecular Hbond substituents is 3. The summed E-state index contributed by atoms with van der Waals surface area (Å²) in [5.74, 6) is -1.93. The van der Waals surface area contributed by atoms with Gasteiger partial charge in [0.05, 0.1) is 24.8 Å². The number of ether oxygens (including phenoxy) is 4. The van der Waals surface area contributed by atoms with Crippen LogP contribution in [0.2, 0.25) is 0 Å². The second kappa shape index (κ2) is 13.4. The zero-order valence-corrected chi connectivity index (χ0v) is 23.2. The molecule has 5 rings (SSSR count). The molecular weight excluding hydrogens is 616 g/mol. The summed E-state index contributed by atoms with van der Waals surface area (Å²) in [5.41, 5.74) is 0.0554. The standard InChI is InChI=1S/C27H30O16.ClH/c28-7-17-19(33)21(35)23(37)26(42-17)40-15-3-9(1-2-12(15)31)25-16(6-11-13(32)4-10(30)5-14(11)39-25)41-27-24(38)22(36)20(34)18(8-29)43-27;/h1-6,17-24,26-29,33-38H,7-8H2,(H2-,30,31,32);1H/t17-,18-,19-,20-,21+,22+,23-,24-,26-,27-;/m1./s1. The number of rotatable bonds is 7. The fourth-order valence-corrected chi connectivity index (χ4v) is 4.80. The van der Waals surface area contributed by atoms with Crippen molar-refractivity contribution in [2.45, 2.75) is 61.4 Å². The van der Waals surface area contributed by atoms with Crippen LogP contribution in [0.25, 0.3) is 22.3 Å². The summed E-state index contributed by atoms with van der Waals surface area (Å²) < 4.78 is 28.1. The van der Waals surface area contributed by atoms with E-state index >= 15 is 0 Å². The lowest BCUT2D eigenvalue weighted by Crippen LogP contribution is -3.00. The zero-order valence-electron chi connectivity index (χ0n) is 22.5. The van der Waals surface area contributed by atoms with Gasteiger partial charge in [0.2, 0.25) is 18.3 Å². The Bertz CT molecular complexity index is 1450. The fraction of sp³-hybridized carbons (Fsp3) is 0.444. The largest absolute Gasteiger partial charge is 1.00 e. The van der Waals surface area contributed by atoms with E-state index in [4.69, 9.17) is 23.4 Å². The molecule has 0 bridgehead atoms. The SMILES string of the molecule is OC[C@H]1O[C@@H](Oc2cc(-c3[o+]c4cc(O)cc(O)c4cc3O[C@@H]3O[C@H](CO)[C@@H](O)[C@H](O)[C@H]3O)ccc2O)[C@H](O)[C@@H](O)[C@@H]1O.[Cl-]. The predicted octanol–water partition coefficient (Wildman–Crippen LogP) is -5.14. The van der Waals surface area contributed by atoms with Gasteiger partial charge in [0.15, 0.2) is 11.5 Å². The number of halogens is 1. The van der Waals surface area contributed by atoms with Gasteiger partial charge in [0, 0.05) is 18.2 Å². The van der Waals surface area contributed by atoms with Gasteiger partial charge in [0.1, 0.15) is 65.7 Å². The Labute approximate surface area is 254 Å². The van der Waals surface area contributed by atoms with Gasteiger partial charge in [-0.25, -0.2) is 4.42 Å². The molecule has 0 radical (unpaired) electrons. The van der Waals surface area contributed by atoms with Crippen molar-refractivity contribution in [1.82, 2.24) is 0 Å². The molecule has 10 atom stereocenters. The van der Waals surface area contributed by atoms with Crippen LogP contribution in [0.5, 0.6) is 28.7 Å². The van der Waals surface area contributed by atoms with Gasteiger partial charge in [-0.3, -0.25) is 0 Å². The van der Waals surface area contributed by atoms with Crippen LogP contribution < -0.4 is 21.9 Å². The van der Waals surface area contributed by atoms with Crippen molar-refractivity contribution in [1.29, 1.82) is 0 Å². The summed E-state index contributed by atoms with van der Waals surface area (Å²) in [6.45, 7) is -1.44. The normalized spacial score (nSPS) is 32.2. The van der Waals surface area contributed by atoms with E-state index in [1.54, 1.807) is 0 Å². The first-order valence-electron chi connectivity index (χ1n) is 13.0. The Kier molecular flexibility index (Phi) is 10.2. The Morgan fingerprint density at radius 3 is 1.73 bits per heavy atom. The molecule has 0 amide bonds. The van der Waals surface area contributed by atoms with Crippen molar-refractivity contribution >= 4 is 11.0 Å². The van der Waals surface area contributed by atoms with E-state index in [1.807, 2.05) is 0 Å². The maximum atomic E-state index is 10.5. The smallest absolute Gasteiger partial charge is 0.402 e. The van der Waals surface area contributed by atoms with Crippen molar-refractivity contribution in [3.05, 3.63) is 36.4 Å². The molecule has 0 saturated carbocycles. The molecule has 2 aromatic carbocycles. The number of aliphatic hydroxyl groups excluding tert-OH is 8. The highest BCUT2D eigenvalue weighted by Crippen LogP contribution is 2.43. The first-order valence-corrected chi connectivity index (χ1v) is 13.0. The molecule has 11 N–H and O–H groups in total. The number of hydrogen-bond donors (Lipinski definition) is 11. The Balaban J connectivity index is 0.00000442. The van der Waals surface area contributed by atoms with Crippen LogP contribution in [0, 0.1) is 0 Å². The number of benzene rings is 2. The molecule has 3 heterocycles. The minimum Gasteiger partial charge on any atom is -1.00 e. The molecule has 44 heavy (non-hydrogen) atoms. The van der Waals surface area contributed by atoms with E-state index in [0.29, 0.717) is 0 Å². The summed E-state index contributed by atoms with van der Waals surface area (Å²) in [6.07, 6.45) is -16.3. The number of aromatic hydroxyl groups is 3. The highest BCUT2D eigenvalue weighted by Gasteiger charge is 2.47. The molecule has 2 aliphatic heterocycles. The predicted molar refractivity (Wildman–Crippen MR) is 140 cm³/mol. The average Bonchev–Trinajstić information content (AvgIpc) is 2.98. The maximum Gasteiger partial charge on any atom is 0.402 e. The number of hydrogen-bond acceptors (Lipinski definition) is 15. The minimum atomic E-state index is -1.81. The number of fused-ring (bicyclic) bond motifs is 1. The monoisotopic (exact) mass is 646 g/mol.